The second-order valence-corrected chi connectivity index (χ2v) is 6.31. The van der Waals surface area contributed by atoms with Gasteiger partial charge in [-0.2, -0.15) is 0 Å². The molecule has 0 atom stereocenters. The number of benzene rings is 1. The molecule has 0 unspecified atom stereocenters. The number of anilines is 1. The predicted molar refractivity (Wildman–Crippen MR) is 97.2 cm³/mol. The number of nitrogens with zero attached hydrogens (tertiary/aromatic N) is 4. The van der Waals surface area contributed by atoms with Crippen molar-refractivity contribution in [1.82, 2.24) is 14.9 Å². The highest BCUT2D eigenvalue weighted by Crippen LogP contribution is 2.22. The van der Waals surface area contributed by atoms with E-state index in [0.717, 1.165) is 24.5 Å². The second kappa shape index (κ2) is 7.80. The van der Waals surface area contributed by atoms with Crippen molar-refractivity contribution >= 4 is 11.7 Å². The summed E-state index contributed by atoms with van der Waals surface area (Å²) in [5.41, 5.74) is 1.33. The average molecular weight is 354 g/mol. The van der Waals surface area contributed by atoms with Crippen LogP contribution in [-0.4, -0.2) is 73.4 Å². The van der Waals surface area contributed by atoms with Gasteiger partial charge >= 0.3 is 0 Å². The zero-order chi connectivity index (χ0) is 17.8. The molecule has 1 amide bonds. The van der Waals surface area contributed by atoms with Gasteiger partial charge in [0.1, 0.15) is 11.5 Å². The van der Waals surface area contributed by atoms with Gasteiger partial charge in [-0.05, 0) is 0 Å². The Kier molecular flexibility index (Phi) is 5.08. The number of carbonyl (C=O) groups excluding carboxylic acids is 1. The average Bonchev–Trinajstić information content (AvgIpc) is 2.75. The van der Waals surface area contributed by atoms with Crippen molar-refractivity contribution in [3.63, 3.8) is 0 Å². The molecule has 2 saturated heterocycles. The number of ether oxygens (including phenoxy) is 2. The van der Waals surface area contributed by atoms with E-state index in [2.05, 4.69) is 9.88 Å². The fourth-order valence-electron chi connectivity index (χ4n) is 3.14. The molecule has 0 bridgehead atoms. The van der Waals surface area contributed by atoms with E-state index in [1.165, 1.54) is 0 Å². The molecule has 7 nitrogen and oxygen atoms in total. The molecule has 0 spiro atoms. The van der Waals surface area contributed by atoms with Gasteiger partial charge in [0.05, 0.1) is 26.4 Å². The number of carbonyl (C=O) groups is 1. The minimum absolute atomic E-state index is 0.0672. The van der Waals surface area contributed by atoms with E-state index in [1.807, 2.05) is 30.3 Å². The molecule has 7 heteroatoms. The number of aromatic nitrogens is 2. The summed E-state index contributed by atoms with van der Waals surface area (Å²) < 4.78 is 10.8. The lowest BCUT2D eigenvalue weighted by molar-refractivity contribution is 0.0299. The van der Waals surface area contributed by atoms with E-state index in [-0.39, 0.29) is 5.91 Å². The van der Waals surface area contributed by atoms with Gasteiger partial charge in [0.2, 0.25) is 0 Å². The van der Waals surface area contributed by atoms with Gasteiger partial charge in [-0.15, -0.1) is 0 Å². The minimum atomic E-state index is -0.0672. The maximum atomic E-state index is 13.0. The Labute approximate surface area is 152 Å². The smallest absolute Gasteiger partial charge is 0.272 e. The van der Waals surface area contributed by atoms with Gasteiger partial charge < -0.3 is 19.3 Å². The first-order valence-electron chi connectivity index (χ1n) is 8.95. The van der Waals surface area contributed by atoms with Crippen LogP contribution in [0.25, 0.3) is 11.4 Å². The summed E-state index contributed by atoms with van der Waals surface area (Å²) in [7, 11) is 0. The molecule has 1 aromatic heterocycles. The van der Waals surface area contributed by atoms with Gasteiger partial charge in [-0.25, -0.2) is 9.97 Å². The molecule has 2 aromatic rings. The zero-order valence-corrected chi connectivity index (χ0v) is 14.6. The number of hydrogen-bond donors (Lipinski definition) is 0. The summed E-state index contributed by atoms with van der Waals surface area (Å²) in [5.74, 6) is 1.28. The van der Waals surface area contributed by atoms with E-state index in [0.29, 0.717) is 51.0 Å². The molecule has 4 rings (SSSR count). The molecule has 2 aliphatic heterocycles. The lowest BCUT2D eigenvalue weighted by atomic mass is 10.2. The monoisotopic (exact) mass is 354 g/mol. The fourth-order valence-corrected chi connectivity index (χ4v) is 3.14. The van der Waals surface area contributed by atoms with Gasteiger partial charge in [0.25, 0.3) is 5.91 Å². The van der Waals surface area contributed by atoms with Crippen LogP contribution in [0.5, 0.6) is 0 Å². The molecule has 0 radical (unpaired) electrons. The standard InChI is InChI=1S/C19H22N4O3/c24-19(23-8-12-26-13-9-23)16-14-17(22-6-10-25-11-7-22)21-18(20-16)15-4-2-1-3-5-15/h1-5,14H,6-13H2. The van der Waals surface area contributed by atoms with Crippen LogP contribution in [0.1, 0.15) is 10.5 Å². The highest BCUT2D eigenvalue weighted by molar-refractivity contribution is 5.93. The van der Waals surface area contributed by atoms with E-state index >= 15 is 0 Å². The Morgan fingerprint density at radius 1 is 0.885 bits per heavy atom. The van der Waals surface area contributed by atoms with Crippen molar-refractivity contribution in [3.05, 3.63) is 42.1 Å². The Hall–Kier alpha value is -2.51. The van der Waals surface area contributed by atoms with Crippen LogP contribution < -0.4 is 4.90 Å². The first kappa shape index (κ1) is 16.9. The Morgan fingerprint density at radius 3 is 2.23 bits per heavy atom. The van der Waals surface area contributed by atoms with Gasteiger partial charge in [0, 0.05) is 37.8 Å². The Balaban J connectivity index is 1.70. The Bertz CT molecular complexity index is 757. The van der Waals surface area contributed by atoms with Crippen LogP contribution >= 0.6 is 0 Å². The normalized spacial score (nSPS) is 18.0. The molecular formula is C19H22N4O3. The summed E-state index contributed by atoms with van der Waals surface area (Å²) in [4.78, 5) is 26.2. The first-order chi connectivity index (χ1) is 12.8. The summed E-state index contributed by atoms with van der Waals surface area (Å²) in [6.07, 6.45) is 0. The third-order valence-electron chi connectivity index (χ3n) is 4.60. The van der Waals surface area contributed by atoms with Crippen molar-refractivity contribution in [2.75, 3.05) is 57.5 Å². The molecule has 26 heavy (non-hydrogen) atoms. The summed E-state index contributed by atoms with van der Waals surface area (Å²) in [6.45, 7) is 5.17. The molecule has 0 N–H and O–H groups in total. The number of morpholine rings is 2. The molecular weight excluding hydrogens is 332 g/mol. The van der Waals surface area contributed by atoms with Crippen molar-refractivity contribution in [1.29, 1.82) is 0 Å². The third kappa shape index (κ3) is 3.68. The van der Waals surface area contributed by atoms with Gasteiger partial charge in [0.15, 0.2) is 5.82 Å². The zero-order valence-electron chi connectivity index (χ0n) is 14.6. The molecule has 3 heterocycles. The van der Waals surface area contributed by atoms with E-state index < -0.39 is 0 Å². The lowest BCUT2D eigenvalue weighted by Gasteiger charge is -2.29. The van der Waals surface area contributed by atoms with Crippen LogP contribution in [0.3, 0.4) is 0 Å². The SMILES string of the molecule is O=C(c1cc(N2CCOCC2)nc(-c2ccccc2)n1)N1CCOCC1. The largest absolute Gasteiger partial charge is 0.378 e. The first-order valence-corrected chi connectivity index (χ1v) is 8.95. The van der Waals surface area contributed by atoms with Gasteiger partial charge in [-0.3, -0.25) is 4.79 Å². The highest BCUT2D eigenvalue weighted by atomic mass is 16.5. The van der Waals surface area contributed by atoms with E-state index in [9.17, 15) is 4.79 Å². The molecule has 2 aliphatic rings. The van der Waals surface area contributed by atoms with E-state index in [4.69, 9.17) is 14.5 Å². The number of rotatable bonds is 3. The number of hydrogen-bond acceptors (Lipinski definition) is 6. The van der Waals surface area contributed by atoms with Crippen molar-refractivity contribution in [2.45, 2.75) is 0 Å². The predicted octanol–water partition coefficient (Wildman–Crippen LogP) is 1.45. The summed E-state index contributed by atoms with van der Waals surface area (Å²) in [5, 5.41) is 0. The summed E-state index contributed by atoms with van der Waals surface area (Å²) in [6, 6.07) is 11.6. The topological polar surface area (TPSA) is 67.8 Å². The van der Waals surface area contributed by atoms with E-state index in [1.54, 1.807) is 11.0 Å². The summed E-state index contributed by atoms with van der Waals surface area (Å²) >= 11 is 0. The van der Waals surface area contributed by atoms with Crippen molar-refractivity contribution in [3.8, 4) is 11.4 Å². The lowest BCUT2D eigenvalue weighted by Crippen LogP contribution is -2.41. The van der Waals surface area contributed by atoms with Crippen molar-refractivity contribution < 1.29 is 14.3 Å². The maximum Gasteiger partial charge on any atom is 0.272 e. The Morgan fingerprint density at radius 2 is 1.54 bits per heavy atom. The van der Waals surface area contributed by atoms with Gasteiger partial charge in [-0.1, -0.05) is 30.3 Å². The second-order valence-electron chi connectivity index (χ2n) is 6.31. The highest BCUT2D eigenvalue weighted by Gasteiger charge is 2.23. The molecule has 136 valence electrons. The minimum Gasteiger partial charge on any atom is -0.378 e. The molecule has 0 saturated carbocycles. The van der Waals surface area contributed by atoms with Crippen LogP contribution in [0, 0.1) is 0 Å². The van der Waals surface area contributed by atoms with Crippen LogP contribution in [0.15, 0.2) is 36.4 Å². The maximum absolute atomic E-state index is 13.0. The fraction of sp³-hybridized carbons (Fsp3) is 0.421. The van der Waals surface area contributed by atoms with Crippen LogP contribution in [0.2, 0.25) is 0 Å². The van der Waals surface area contributed by atoms with Crippen LogP contribution in [-0.2, 0) is 9.47 Å². The number of amides is 1. The third-order valence-corrected chi connectivity index (χ3v) is 4.60. The van der Waals surface area contributed by atoms with Crippen LogP contribution in [0.4, 0.5) is 5.82 Å². The van der Waals surface area contributed by atoms with Crippen molar-refractivity contribution in [2.24, 2.45) is 0 Å². The molecule has 1 aromatic carbocycles. The molecule has 2 fully saturated rings. The quantitative estimate of drug-likeness (QED) is 0.831. The molecule has 0 aliphatic carbocycles.